The van der Waals surface area contributed by atoms with Gasteiger partial charge in [0.1, 0.15) is 6.04 Å². The van der Waals surface area contributed by atoms with E-state index in [1.54, 1.807) is 27.9 Å². The molecule has 0 aromatic rings. The lowest BCUT2D eigenvalue weighted by Crippen LogP contribution is -2.49. The SMILES string of the molecule is COCCCOC(=O)N[C@H](C(=O)O)C(C)(C)C. The molecule has 0 aromatic carbocycles. The summed E-state index contributed by atoms with van der Waals surface area (Å²) < 4.78 is 9.62. The molecule has 0 bridgehead atoms. The molecule has 0 unspecified atom stereocenters. The first-order chi connectivity index (χ1) is 7.79. The Bertz CT molecular complexity index is 259. The number of carboxylic acids is 1. The van der Waals surface area contributed by atoms with E-state index in [1.165, 1.54) is 0 Å². The molecule has 2 N–H and O–H groups in total. The van der Waals surface area contributed by atoms with E-state index in [1.807, 2.05) is 0 Å². The Balaban J connectivity index is 4.11. The fourth-order valence-electron chi connectivity index (χ4n) is 1.18. The van der Waals surface area contributed by atoms with E-state index in [9.17, 15) is 9.59 Å². The van der Waals surface area contributed by atoms with Crippen molar-refractivity contribution in [1.82, 2.24) is 5.32 Å². The summed E-state index contributed by atoms with van der Waals surface area (Å²) in [6, 6.07) is -0.975. The van der Waals surface area contributed by atoms with Gasteiger partial charge in [-0.25, -0.2) is 9.59 Å². The maximum atomic E-state index is 11.3. The Morgan fingerprint density at radius 2 is 1.88 bits per heavy atom. The lowest BCUT2D eigenvalue weighted by Gasteiger charge is -2.27. The summed E-state index contributed by atoms with van der Waals surface area (Å²) in [5.41, 5.74) is -0.572. The molecule has 6 nitrogen and oxygen atoms in total. The molecule has 0 saturated heterocycles. The van der Waals surface area contributed by atoms with Crippen LogP contribution in [0.3, 0.4) is 0 Å². The average molecular weight is 247 g/mol. The van der Waals surface area contributed by atoms with Gasteiger partial charge in [-0.15, -0.1) is 0 Å². The first-order valence-corrected chi connectivity index (χ1v) is 5.44. The summed E-state index contributed by atoms with van der Waals surface area (Å²) in [7, 11) is 1.56. The van der Waals surface area contributed by atoms with E-state index in [2.05, 4.69) is 5.32 Å². The largest absolute Gasteiger partial charge is 0.480 e. The van der Waals surface area contributed by atoms with Gasteiger partial charge in [0, 0.05) is 20.1 Å². The van der Waals surface area contributed by atoms with Gasteiger partial charge in [0.25, 0.3) is 0 Å². The number of alkyl carbamates (subject to hydrolysis) is 1. The van der Waals surface area contributed by atoms with Crippen molar-refractivity contribution in [1.29, 1.82) is 0 Å². The van der Waals surface area contributed by atoms with E-state index in [-0.39, 0.29) is 6.61 Å². The van der Waals surface area contributed by atoms with Gasteiger partial charge in [-0.3, -0.25) is 0 Å². The highest BCUT2D eigenvalue weighted by molar-refractivity contribution is 5.80. The molecular weight excluding hydrogens is 226 g/mol. The third kappa shape index (κ3) is 6.78. The molecule has 100 valence electrons. The van der Waals surface area contributed by atoms with Crippen molar-refractivity contribution in [2.24, 2.45) is 5.41 Å². The summed E-state index contributed by atoms with van der Waals surface area (Å²) in [5, 5.41) is 11.3. The number of rotatable bonds is 6. The Labute approximate surface area is 101 Å². The molecule has 1 atom stereocenters. The van der Waals surface area contributed by atoms with E-state index >= 15 is 0 Å². The molecule has 0 fully saturated rings. The molecule has 17 heavy (non-hydrogen) atoms. The first-order valence-electron chi connectivity index (χ1n) is 5.44. The third-order valence-electron chi connectivity index (χ3n) is 2.10. The van der Waals surface area contributed by atoms with Gasteiger partial charge < -0.3 is 19.9 Å². The fraction of sp³-hybridized carbons (Fsp3) is 0.818. The van der Waals surface area contributed by atoms with Crippen LogP contribution >= 0.6 is 0 Å². The number of carbonyl (C=O) groups is 2. The standard InChI is InChI=1S/C11H21NO5/c1-11(2,3)8(9(13)14)12-10(15)17-7-5-6-16-4/h8H,5-7H2,1-4H3,(H,12,15)(H,13,14)/t8-/m1/s1. The van der Waals surface area contributed by atoms with Crippen molar-refractivity contribution >= 4 is 12.1 Å². The molecule has 0 aliphatic carbocycles. The second kappa shape index (κ2) is 7.11. The van der Waals surface area contributed by atoms with Gasteiger partial charge >= 0.3 is 12.1 Å². The molecule has 0 saturated carbocycles. The average Bonchev–Trinajstić information content (AvgIpc) is 2.19. The van der Waals surface area contributed by atoms with E-state index in [4.69, 9.17) is 14.6 Å². The Morgan fingerprint density at radius 1 is 1.29 bits per heavy atom. The Kier molecular flexibility index (Phi) is 6.57. The van der Waals surface area contributed by atoms with Crippen molar-refractivity contribution in [2.45, 2.75) is 33.2 Å². The van der Waals surface area contributed by atoms with Crippen molar-refractivity contribution in [3.63, 3.8) is 0 Å². The van der Waals surface area contributed by atoms with Crippen LogP contribution in [0.15, 0.2) is 0 Å². The molecular formula is C11H21NO5. The third-order valence-corrected chi connectivity index (χ3v) is 2.10. The van der Waals surface area contributed by atoms with Crippen LogP contribution in [0, 0.1) is 5.41 Å². The summed E-state index contributed by atoms with van der Waals surface area (Å²) in [5.74, 6) is -1.08. The smallest absolute Gasteiger partial charge is 0.407 e. The minimum Gasteiger partial charge on any atom is -0.480 e. The minimum absolute atomic E-state index is 0.205. The highest BCUT2D eigenvalue weighted by atomic mass is 16.5. The van der Waals surface area contributed by atoms with Crippen LogP contribution in [-0.2, 0) is 14.3 Å². The molecule has 0 heterocycles. The maximum Gasteiger partial charge on any atom is 0.407 e. The molecule has 0 aromatic heterocycles. The van der Waals surface area contributed by atoms with Gasteiger partial charge in [0.05, 0.1) is 6.61 Å². The summed E-state index contributed by atoms with van der Waals surface area (Å²) >= 11 is 0. The number of hydrogen-bond acceptors (Lipinski definition) is 4. The lowest BCUT2D eigenvalue weighted by molar-refractivity contribution is -0.142. The van der Waals surface area contributed by atoms with Crippen LogP contribution in [0.5, 0.6) is 0 Å². The van der Waals surface area contributed by atoms with Crippen LogP contribution in [0.25, 0.3) is 0 Å². The highest BCUT2D eigenvalue weighted by Gasteiger charge is 2.32. The van der Waals surface area contributed by atoms with E-state index < -0.39 is 23.5 Å². The second-order valence-corrected chi connectivity index (χ2v) is 4.76. The number of aliphatic carboxylic acids is 1. The topological polar surface area (TPSA) is 84.9 Å². The number of carboxylic acid groups (broad SMARTS) is 1. The molecule has 0 rings (SSSR count). The number of carbonyl (C=O) groups excluding carboxylic acids is 1. The quantitative estimate of drug-likeness (QED) is 0.690. The molecule has 0 radical (unpaired) electrons. The zero-order chi connectivity index (χ0) is 13.5. The van der Waals surface area contributed by atoms with Gasteiger partial charge in [0.2, 0.25) is 0 Å². The zero-order valence-electron chi connectivity index (χ0n) is 10.8. The molecule has 0 aliphatic heterocycles. The summed E-state index contributed by atoms with van der Waals surface area (Å²) in [6.45, 7) is 5.90. The molecule has 0 spiro atoms. The zero-order valence-corrected chi connectivity index (χ0v) is 10.8. The van der Waals surface area contributed by atoms with Gasteiger partial charge in [-0.05, 0) is 5.41 Å². The van der Waals surface area contributed by atoms with E-state index in [0.29, 0.717) is 13.0 Å². The number of nitrogens with one attached hydrogen (secondary N) is 1. The number of amides is 1. The van der Waals surface area contributed by atoms with Gasteiger partial charge in [0.15, 0.2) is 0 Å². The van der Waals surface area contributed by atoms with Crippen LogP contribution in [0.2, 0.25) is 0 Å². The summed E-state index contributed by atoms with van der Waals surface area (Å²) in [4.78, 5) is 22.3. The highest BCUT2D eigenvalue weighted by Crippen LogP contribution is 2.19. The molecule has 6 heteroatoms. The fourth-order valence-corrected chi connectivity index (χ4v) is 1.18. The van der Waals surface area contributed by atoms with E-state index in [0.717, 1.165) is 0 Å². The lowest BCUT2D eigenvalue weighted by atomic mass is 9.87. The first kappa shape index (κ1) is 15.7. The minimum atomic E-state index is -1.08. The number of hydrogen-bond donors (Lipinski definition) is 2. The molecule has 0 aliphatic rings. The van der Waals surface area contributed by atoms with Gasteiger partial charge in [-0.1, -0.05) is 20.8 Å². The second-order valence-electron chi connectivity index (χ2n) is 4.76. The predicted octanol–water partition coefficient (Wildman–Crippen LogP) is 1.25. The van der Waals surface area contributed by atoms with Crippen LogP contribution in [0.1, 0.15) is 27.2 Å². The summed E-state index contributed by atoms with van der Waals surface area (Å²) in [6.07, 6.45) is -0.139. The van der Waals surface area contributed by atoms with Crippen molar-refractivity contribution in [2.75, 3.05) is 20.3 Å². The number of methoxy groups -OCH3 is 1. The Hall–Kier alpha value is -1.30. The number of ether oxygens (including phenoxy) is 2. The van der Waals surface area contributed by atoms with Gasteiger partial charge in [-0.2, -0.15) is 0 Å². The van der Waals surface area contributed by atoms with Crippen LogP contribution in [-0.4, -0.2) is 43.5 Å². The van der Waals surface area contributed by atoms with Crippen molar-refractivity contribution < 1.29 is 24.2 Å². The maximum absolute atomic E-state index is 11.3. The van der Waals surface area contributed by atoms with Crippen LogP contribution in [0.4, 0.5) is 4.79 Å². The van der Waals surface area contributed by atoms with Crippen molar-refractivity contribution in [3.05, 3.63) is 0 Å². The monoisotopic (exact) mass is 247 g/mol. The predicted molar refractivity (Wildman–Crippen MR) is 61.9 cm³/mol. The van der Waals surface area contributed by atoms with Crippen LogP contribution < -0.4 is 5.32 Å². The normalized spacial score (nSPS) is 12.9. The molecule has 1 amide bonds. The Morgan fingerprint density at radius 3 is 2.29 bits per heavy atom. The van der Waals surface area contributed by atoms with Crippen molar-refractivity contribution in [3.8, 4) is 0 Å².